The van der Waals surface area contributed by atoms with Crippen LogP contribution >= 0.6 is 34.7 Å². The quantitative estimate of drug-likeness (QED) is 0.244. The van der Waals surface area contributed by atoms with Crippen LogP contribution in [-0.2, 0) is 12.3 Å². The van der Waals surface area contributed by atoms with Gasteiger partial charge >= 0.3 is 0 Å². The third-order valence-electron chi connectivity index (χ3n) is 3.90. The fourth-order valence-corrected chi connectivity index (χ4v) is 4.42. The van der Waals surface area contributed by atoms with Gasteiger partial charge in [-0.3, -0.25) is 9.36 Å². The number of allylic oxidation sites excluding steroid dienone is 1. The molecule has 0 fully saturated rings. The van der Waals surface area contributed by atoms with Crippen LogP contribution in [0.15, 0.2) is 68.9 Å². The Morgan fingerprint density at radius 3 is 2.89 bits per heavy atom. The zero-order valence-electron chi connectivity index (χ0n) is 14.1. The van der Waals surface area contributed by atoms with Crippen LogP contribution < -0.4 is 5.56 Å². The van der Waals surface area contributed by atoms with Crippen molar-refractivity contribution in [2.45, 2.75) is 17.5 Å². The smallest absolute Gasteiger partial charge is 0.263 e. The number of rotatable bonds is 6. The molecule has 0 amide bonds. The molecule has 0 bridgehead atoms. The fraction of sp³-hybridized carbons (Fsp3) is 0.105. The van der Waals surface area contributed by atoms with Gasteiger partial charge in [-0.25, -0.2) is 4.98 Å². The Labute approximate surface area is 168 Å². The van der Waals surface area contributed by atoms with Crippen LogP contribution in [0.4, 0.5) is 0 Å². The molecule has 4 aromatic rings. The summed E-state index contributed by atoms with van der Waals surface area (Å²) in [6, 6.07) is 11.1. The van der Waals surface area contributed by atoms with Gasteiger partial charge in [0.15, 0.2) is 5.16 Å². The van der Waals surface area contributed by atoms with Crippen molar-refractivity contribution in [1.29, 1.82) is 0 Å². The average molecular weight is 416 g/mol. The van der Waals surface area contributed by atoms with E-state index < -0.39 is 0 Å². The molecule has 5 nitrogen and oxygen atoms in total. The predicted molar refractivity (Wildman–Crippen MR) is 111 cm³/mol. The SMILES string of the molecule is C=CCn1c(SCc2cc(-c3ccc(Cl)cc3)no2)nc2sccc2c1=O. The lowest BCUT2D eigenvalue weighted by Crippen LogP contribution is -2.22. The van der Waals surface area contributed by atoms with E-state index in [0.29, 0.717) is 33.6 Å². The lowest BCUT2D eigenvalue weighted by Gasteiger charge is -2.08. The summed E-state index contributed by atoms with van der Waals surface area (Å²) in [7, 11) is 0. The van der Waals surface area contributed by atoms with Gasteiger partial charge in [-0.2, -0.15) is 0 Å². The lowest BCUT2D eigenvalue weighted by molar-refractivity contribution is 0.397. The van der Waals surface area contributed by atoms with E-state index in [4.69, 9.17) is 16.1 Å². The Morgan fingerprint density at radius 2 is 2.11 bits per heavy atom. The molecule has 8 heteroatoms. The first kappa shape index (κ1) is 18.0. The molecule has 4 rings (SSSR count). The minimum Gasteiger partial charge on any atom is -0.360 e. The Hall–Kier alpha value is -2.35. The number of aromatic nitrogens is 3. The number of hydrogen-bond donors (Lipinski definition) is 0. The van der Waals surface area contributed by atoms with Crippen LogP contribution in [0.2, 0.25) is 5.02 Å². The third-order valence-corrected chi connectivity index (χ3v) is 5.96. The van der Waals surface area contributed by atoms with Crippen molar-refractivity contribution in [2.75, 3.05) is 0 Å². The molecular weight excluding hydrogens is 402 g/mol. The maximum absolute atomic E-state index is 12.7. The second kappa shape index (κ2) is 7.72. The second-order valence-corrected chi connectivity index (χ2v) is 7.99. The van der Waals surface area contributed by atoms with Crippen molar-refractivity contribution < 1.29 is 4.52 Å². The molecule has 0 spiro atoms. The van der Waals surface area contributed by atoms with E-state index in [0.717, 1.165) is 16.1 Å². The van der Waals surface area contributed by atoms with Gasteiger partial charge in [0.25, 0.3) is 5.56 Å². The monoisotopic (exact) mass is 415 g/mol. The standard InChI is InChI=1S/C19H14ClN3O2S2/c1-2-8-23-18(24)15-7-9-26-17(15)21-19(23)27-11-14-10-16(22-25-14)12-3-5-13(20)6-4-12/h2-7,9-10H,1,8,11H2. The minimum absolute atomic E-state index is 0.0527. The van der Waals surface area contributed by atoms with Crippen LogP contribution in [-0.4, -0.2) is 14.7 Å². The molecule has 0 saturated carbocycles. The van der Waals surface area contributed by atoms with Crippen LogP contribution in [0, 0.1) is 0 Å². The summed E-state index contributed by atoms with van der Waals surface area (Å²) in [5.74, 6) is 1.22. The molecule has 0 aliphatic heterocycles. The molecule has 0 atom stereocenters. The van der Waals surface area contributed by atoms with E-state index in [9.17, 15) is 4.79 Å². The topological polar surface area (TPSA) is 60.9 Å². The number of thioether (sulfide) groups is 1. The molecule has 3 aromatic heterocycles. The van der Waals surface area contributed by atoms with Gasteiger partial charge in [0, 0.05) is 23.2 Å². The number of fused-ring (bicyclic) bond motifs is 1. The summed E-state index contributed by atoms with van der Waals surface area (Å²) >= 11 is 8.82. The van der Waals surface area contributed by atoms with Crippen LogP contribution in [0.3, 0.4) is 0 Å². The summed E-state index contributed by atoms with van der Waals surface area (Å²) in [5.41, 5.74) is 1.62. The number of benzene rings is 1. The van der Waals surface area contributed by atoms with E-state index in [-0.39, 0.29) is 5.56 Å². The van der Waals surface area contributed by atoms with E-state index in [2.05, 4.69) is 16.7 Å². The van der Waals surface area contributed by atoms with Gasteiger partial charge in [-0.1, -0.05) is 46.7 Å². The first-order valence-corrected chi connectivity index (χ1v) is 10.3. The molecule has 0 aliphatic carbocycles. The first-order chi connectivity index (χ1) is 13.2. The van der Waals surface area contributed by atoms with Gasteiger partial charge in [-0.15, -0.1) is 17.9 Å². The fourth-order valence-electron chi connectivity index (χ4n) is 2.60. The zero-order chi connectivity index (χ0) is 18.8. The van der Waals surface area contributed by atoms with Gasteiger partial charge in [0.1, 0.15) is 16.3 Å². The first-order valence-electron chi connectivity index (χ1n) is 8.09. The number of thiophene rings is 1. The highest BCUT2D eigenvalue weighted by Crippen LogP contribution is 2.27. The van der Waals surface area contributed by atoms with Crippen molar-refractivity contribution in [2.24, 2.45) is 0 Å². The molecule has 1 aromatic carbocycles. The van der Waals surface area contributed by atoms with Crippen molar-refractivity contribution >= 4 is 44.9 Å². The molecule has 0 radical (unpaired) electrons. The normalized spacial score (nSPS) is 11.1. The van der Waals surface area contributed by atoms with Crippen molar-refractivity contribution in [3.05, 3.63) is 75.6 Å². The zero-order valence-corrected chi connectivity index (χ0v) is 16.5. The lowest BCUT2D eigenvalue weighted by atomic mass is 10.1. The maximum atomic E-state index is 12.7. The van der Waals surface area contributed by atoms with Gasteiger partial charge in [-0.05, 0) is 23.6 Å². The number of hydrogen-bond acceptors (Lipinski definition) is 6. The summed E-state index contributed by atoms with van der Waals surface area (Å²) in [6.45, 7) is 4.14. The highest BCUT2D eigenvalue weighted by Gasteiger charge is 2.13. The third kappa shape index (κ3) is 3.71. The van der Waals surface area contributed by atoms with Crippen molar-refractivity contribution in [1.82, 2.24) is 14.7 Å². The summed E-state index contributed by atoms with van der Waals surface area (Å²) < 4.78 is 7.07. The summed E-state index contributed by atoms with van der Waals surface area (Å²) in [5, 5.41) is 7.94. The van der Waals surface area contributed by atoms with Crippen molar-refractivity contribution in [3.8, 4) is 11.3 Å². The molecule has 3 heterocycles. The van der Waals surface area contributed by atoms with Gasteiger partial charge < -0.3 is 4.52 Å². The minimum atomic E-state index is -0.0527. The Balaban J connectivity index is 1.58. The van der Waals surface area contributed by atoms with Gasteiger partial charge in [0.05, 0.1) is 11.1 Å². The maximum Gasteiger partial charge on any atom is 0.263 e. The largest absolute Gasteiger partial charge is 0.360 e. The Bertz CT molecular complexity index is 1160. The molecule has 0 saturated heterocycles. The van der Waals surface area contributed by atoms with Crippen LogP contribution in [0.1, 0.15) is 5.76 Å². The van der Waals surface area contributed by atoms with E-state index in [1.807, 2.05) is 35.7 Å². The highest BCUT2D eigenvalue weighted by molar-refractivity contribution is 7.98. The van der Waals surface area contributed by atoms with Gasteiger partial charge in [0.2, 0.25) is 0 Å². The molecule has 136 valence electrons. The van der Waals surface area contributed by atoms with Crippen LogP contribution in [0.25, 0.3) is 21.5 Å². The van der Waals surface area contributed by atoms with E-state index in [1.54, 1.807) is 16.7 Å². The summed E-state index contributed by atoms with van der Waals surface area (Å²) in [6.07, 6.45) is 1.69. The average Bonchev–Trinajstić information content (AvgIpc) is 3.33. The Kier molecular flexibility index (Phi) is 5.15. The van der Waals surface area contributed by atoms with E-state index in [1.165, 1.54) is 23.1 Å². The predicted octanol–water partition coefficient (Wildman–Crippen LogP) is 5.24. The van der Waals surface area contributed by atoms with E-state index >= 15 is 0 Å². The molecule has 0 aliphatic rings. The molecule has 0 N–H and O–H groups in total. The van der Waals surface area contributed by atoms with Crippen LogP contribution in [0.5, 0.6) is 0 Å². The molecular formula is C19H14ClN3O2S2. The van der Waals surface area contributed by atoms with Crippen molar-refractivity contribution in [3.63, 3.8) is 0 Å². The number of nitrogens with zero attached hydrogens (tertiary/aromatic N) is 3. The number of halogens is 1. The highest BCUT2D eigenvalue weighted by atomic mass is 35.5. The second-order valence-electron chi connectivity index (χ2n) is 5.71. The molecule has 0 unspecified atom stereocenters. The molecule has 27 heavy (non-hydrogen) atoms. The Morgan fingerprint density at radius 1 is 1.30 bits per heavy atom. The summed E-state index contributed by atoms with van der Waals surface area (Å²) in [4.78, 5) is 18.0.